The van der Waals surface area contributed by atoms with E-state index in [1.54, 1.807) is 6.07 Å². The van der Waals surface area contributed by atoms with Gasteiger partial charge in [0.15, 0.2) is 11.5 Å². The van der Waals surface area contributed by atoms with Crippen LogP contribution < -0.4 is 15.1 Å². The summed E-state index contributed by atoms with van der Waals surface area (Å²) in [5.41, 5.74) is 1.51. The largest absolute Gasteiger partial charge is 0.368 e. The van der Waals surface area contributed by atoms with Gasteiger partial charge in [-0.15, -0.1) is 10.2 Å². The maximum atomic E-state index is 12.1. The van der Waals surface area contributed by atoms with E-state index in [-0.39, 0.29) is 5.91 Å². The number of anilines is 2. The van der Waals surface area contributed by atoms with Gasteiger partial charge in [0.2, 0.25) is 0 Å². The van der Waals surface area contributed by atoms with Crippen LogP contribution in [0.4, 0.5) is 11.5 Å². The lowest BCUT2D eigenvalue weighted by molar-refractivity contribution is 0.0947. The summed E-state index contributed by atoms with van der Waals surface area (Å²) in [6.45, 7) is 6.30. The average molecular weight is 388 g/mol. The molecule has 1 aromatic carbocycles. The van der Waals surface area contributed by atoms with Crippen LogP contribution in [0.2, 0.25) is 5.02 Å². The van der Waals surface area contributed by atoms with Gasteiger partial charge in [-0.2, -0.15) is 0 Å². The Kier molecular flexibility index (Phi) is 6.87. The number of carbonyl (C=O) groups excluding carboxylic acids is 1. The molecule has 1 aliphatic heterocycles. The lowest BCUT2D eigenvalue weighted by Crippen LogP contribution is -2.47. The fraction of sp³-hybridized carbons (Fsp3) is 0.450. The molecule has 1 saturated heterocycles. The normalized spacial score (nSPS) is 14.3. The number of unbranched alkanes of at least 4 members (excludes halogenated alkanes) is 2. The summed E-state index contributed by atoms with van der Waals surface area (Å²) >= 11 is 6.09. The maximum absolute atomic E-state index is 12.1. The van der Waals surface area contributed by atoms with Crippen LogP contribution in [0, 0.1) is 0 Å². The number of halogens is 1. The minimum atomic E-state index is -0.157. The van der Waals surface area contributed by atoms with Crippen molar-refractivity contribution < 1.29 is 4.79 Å². The summed E-state index contributed by atoms with van der Waals surface area (Å²) in [6.07, 6.45) is 3.24. The molecule has 0 spiro atoms. The molecule has 1 aliphatic rings. The third kappa shape index (κ3) is 5.32. The zero-order chi connectivity index (χ0) is 19.1. The SMILES string of the molecule is CCCCCNC(=O)c1ccc(N2CCN(c3cccc(Cl)c3)CC2)nn1. The molecule has 7 heteroatoms. The Bertz CT molecular complexity index is 744. The number of piperazine rings is 1. The van der Waals surface area contributed by atoms with Crippen molar-refractivity contribution >= 4 is 29.0 Å². The first-order valence-electron chi connectivity index (χ1n) is 9.55. The van der Waals surface area contributed by atoms with Crippen molar-refractivity contribution in [3.05, 3.63) is 47.1 Å². The van der Waals surface area contributed by atoms with Gasteiger partial charge in [0.25, 0.3) is 5.91 Å². The Morgan fingerprint density at radius 1 is 1.07 bits per heavy atom. The van der Waals surface area contributed by atoms with Gasteiger partial charge >= 0.3 is 0 Å². The van der Waals surface area contributed by atoms with Gasteiger partial charge < -0.3 is 15.1 Å². The second-order valence-corrected chi connectivity index (χ2v) is 7.13. The van der Waals surface area contributed by atoms with Gasteiger partial charge in [-0.05, 0) is 36.8 Å². The molecule has 0 bridgehead atoms. The van der Waals surface area contributed by atoms with Crippen LogP contribution in [-0.4, -0.2) is 48.8 Å². The molecule has 144 valence electrons. The molecule has 3 rings (SSSR count). The van der Waals surface area contributed by atoms with Crippen molar-refractivity contribution in [3.8, 4) is 0 Å². The van der Waals surface area contributed by atoms with Gasteiger partial charge in [-0.1, -0.05) is 37.4 Å². The average Bonchev–Trinajstić information content (AvgIpc) is 2.71. The zero-order valence-electron chi connectivity index (χ0n) is 15.7. The summed E-state index contributed by atoms with van der Waals surface area (Å²) in [6, 6.07) is 11.6. The third-order valence-corrected chi connectivity index (χ3v) is 4.96. The molecule has 0 atom stereocenters. The number of benzene rings is 1. The highest BCUT2D eigenvalue weighted by molar-refractivity contribution is 6.30. The van der Waals surface area contributed by atoms with Crippen molar-refractivity contribution in [2.45, 2.75) is 26.2 Å². The van der Waals surface area contributed by atoms with E-state index in [2.05, 4.69) is 38.3 Å². The van der Waals surface area contributed by atoms with E-state index in [0.717, 1.165) is 62.0 Å². The Balaban J connectivity index is 1.52. The summed E-state index contributed by atoms with van der Waals surface area (Å²) in [5.74, 6) is 0.652. The van der Waals surface area contributed by atoms with Crippen LogP contribution in [-0.2, 0) is 0 Å². The Morgan fingerprint density at radius 2 is 1.85 bits per heavy atom. The van der Waals surface area contributed by atoms with Crippen LogP contribution >= 0.6 is 11.6 Å². The van der Waals surface area contributed by atoms with Gasteiger partial charge in [0.1, 0.15) is 0 Å². The van der Waals surface area contributed by atoms with E-state index >= 15 is 0 Å². The Hall–Kier alpha value is -2.34. The topological polar surface area (TPSA) is 61.4 Å². The molecule has 0 saturated carbocycles. The number of rotatable bonds is 7. The lowest BCUT2D eigenvalue weighted by atomic mass is 10.2. The first-order valence-corrected chi connectivity index (χ1v) is 9.92. The van der Waals surface area contributed by atoms with E-state index in [1.165, 1.54) is 0 Å². The minimum absolute atomic E-state index is 0.157. The molecule has 27 heavy (non-hydrogen) atoms. The van der Waals surface area contributed by atoms with E-state index < -0.39 is 0 Å². The molecule has 6 nitrogen and oxygen atoms in total. The van der Waals surface area contributed by atoms with Crippen molar-refractivity contribution in [2.75, 3.05) is 42.5 Å². The molecule has 0 aliphatic carbocycles. The molecular weight excluding hydrogens is 362 g/mol. The van der Waals surface area contributed by atoms with E-state index in [1.807, 2.05) is 24.3 Å². The molecule has 2 aromatic rings. The van der Waals surface area contributed by atoms with Gasteiger partial charge in [0, 0.05) is 43.4 Å². The van der Waals surface area contributed by atoms with E-state index in [9.17, 15) is 4.79 Å². The highest BCUT2D eigenvalue weighted by Gasteiger charge is 2.19. The molecule has 1 N–H and O–H groups in total. The molecular formula is C20H26ClN5O. The fourth-order valence-corrected chi connectivity index (χ4v) is 3.33. The molecule has 2 heterocycles. The van der Waals surface area contributed by atoms with Crippen LogP contribution in [0.3, 0.4) is 0 Å². The van der Waals surface area contributed by atoms with Crippen molar-refractivity contribution in [3.63, 3.8) is 0 Å². The molecule has 1 amide bonds. The number of amides is 1. The summed E-state index contributed by atoms with van der Waals surface area (Å²) in [5, 5.41) is 12.0. The monoisotopic (exact) mass is 387 g/mol. The number of nitrogens with one attached hydrogen (secondary N) is 1. The number of carbonyl (C=O) groups is 1. The molecule has 1 aromatic heterocycles. The summed E-state index contributed by atoms with van der Waals surface area (Å²) < 4.78 is 0. The van der Waals surface area contributed by atoms with Crippen LogP contribution in [0.15, 0.2) is 36.4 Å². The smallest absolute Gasteiger partial charge is 0.271 e. The van der Waals surface area contributed by atoms with Gasteiger partial charge in [0.05, 0.1) is 0 Å². The second-order valence-electron chi connectivity index (χ2n) is 6.69. The fourth-order valence-electron chi connectivity index (χ4n) is 3.15. The van der Waals surface area contributed by atoms with Crippen molar-refractivity contribution in [1.29, 1.82) is 0 Å². The quantitative estimate of drug-likeness (QED) is 0.738. The number of hydrogen-bond acceptors (Lipinski definition) is 5. The molecule has 1 fully saturated rings. The number of hydrogen-bond donors (Lipinski definition) is 1. The highest BCUT2D eigenvalue weighted by atomic mass is 35.5. The van der Waals surface area contributed by atoms with Crippen LogP contribution in [0.25, 0.3) is 0 Å². The first kappa shape index (κ1) is 19.4. The Labute approximate surface area is 165 Å². The number of aromatic nitrogens is 2. The summed E-state index contributed by atoms with van der Waals surface area (Å²) in [7, 11) is 0. The molecule has 0 unspecified atom stereocenters. The maximum Gasteiger partial charge on any atom is 0.271 e. The van der Waals surface area contributed by atoms with Crippen LogP contribution in [0.1, 0.15) is 36.7 Å². The van der Waals surface area contributed by atoms with E-state index in [0.29, 0.717) is 12.2 Å². The van der Waals surface area contributed by atoms with Crippen molar-refractivity contribution in [2.24, 2.45) is 0 Å². The van der Waals surface area contributed by atoms with Crippen molar-refractivity contribution in [1.82, 2.24) is 15.5 Å². The summed E-state index contributed by atoms with van der Waals surface area (Å²) in [4.78, 5) is 16.6. The standard InChI is InChI=1S/C20H26ClN5O/c1-2-3-4-10-22-20(27)18-8-9-19(24-23-18)26-13-11-25(12-14-26)17-7-5-6-16(21)15-17/h5-9,15H,2-4,10-14H2,1H3,(H,22,27). The predicted molar refractivity (Wildman–Crippen MR) is 110 cm³/mol. The molecule has 0 radical (unpaired) electrons. The second kappa shape index (κ2) is 9.55. The first-order chi connectivity index (χ1) is 13.2. The highest BCUT2D eigenvalue weighted by Crippen LogP contribution is 2.22. The predicted octanol–water partition coefficient (Wildman–Crippen LogP) is 3.38. The zero-order valence-corrected chi connectivity index (χ0v) is 16.5. The Morgan fingerprint density at radius 3 is 2.52 bits per heavy atom. The number of nitrogens with zero attached hydrogens (tertiary/aromatic N) is 4. The minimum Gasteiger partial charge on any atom is -0.368 e. The van der Waals surface area contributed by atoms with E-state index in [4.69, 9.17) is 11.6 Å². The van der Waals surface area contributed by atoms with Gasteiger partial charge in [-0.25, -0.2) is 0 Å². The van der Waals surface area contributed by atoms with Crippen LogP contribution in [0.5, 0.6) is 0 Å². The lowest BCUT2D eigenvalue weighted by Gasteiger charge is -2.36. The third-order valence-electron chi connectivity index (χ3n) is 4.73. The van der Waals surface area contributed by atoms with Gasteiger partial charge in [-0.3, -0.25) is 4.79 Å².